The van der Waals surface area contributed by atoms with E-state index in [9.17, 15) is 0 Å². The molecule has 0 radical (unpaired) electrons. The van der Waals surface area contributed by atoms with Crippen molar-refractivity contribution < 1.29 is 4.74 Å². The number of pyridine rings is 1. The van der Waals surface area contributed by atoms with Gasteiger partial charge in [0.1, 0.15) is 12.4 Å². The topological polar surface area (TPSA) is 22.1 Å². The Labute approximate surface area is 128 Å². The van der Waals surface area contributed by atoms with E-state index < -0.39 is 0 Å². The van der Waals surface area contributed by atoms with Crippen molar-refractivity contribution in [2.75, 3.05) is 0 Å². The molecule has 0 unspecified atom stereocenters. The smallest absolute Gasteiger partial charge is 0.130 e. The fourth-order valence-corrected chi connectivity index (χ4v) is 2.65. The normalized spacial score (nSPS) is 10.4. The fourth-order valence-electron chi connectivity index (χ4n) is 1.45. The summed E-state index contributed by atoms with van der Waals surface area (Å²) >= 11 is 12.9. The van der Waals surface area contributed by atoms with E-state index in [-0.39, 0.29) is 0 Å². The quantitative estimate of drug-likeness (QED) is 0.687. The first-order valence-corrected chi connectivity index (χ1v) is 7.56. The summed E-state index contributed by atoms with van der Waals surface area (Å²) in [7, 11) is 0. The molecule has 2 nitrogen and oxygen atoms in total. The first kappa shape index (κ1) is 13.8. The molecular weight excluding hydrogens is 381 g/mol. The summed E-state index contributed by atoms with van der Waals surface area (Å²) in [4.78, 5) is 4.25. The lowest BCUT2D eigenvalue weighted by atomic mass is 10.2. The lowest BCUT2D eigenvalue weighted by Gasteiger charge is -2.10. The molecule has 2 aromatic rings. The van der Waals surface area contributed by atoms with Gasteiger partial charge in [0.05, 0.1) is 5.69 Å². The van der Waals surface area contributed by atoms with Crippen LogP contribution in [0.5, 0.6) is 5.75 Å². The Bertz CT molecular complexity index is 531. The van der Waals surface area contributed by atoms with Crippen molar-refractivity contribution in [3.8, 4) is 5.75 Å². The zero-order chi connectivity index (χ0) is 13.0. The first-order valence-electron chi connectivity index (χ1n) is 5.27. The van der Waals surface area contributed by atoms with Gasteiger partial charge in [0.25, 0.3) is 0 Å². The largest absolute Gasteiger partial charge is 0.487 e. The maximum absolute atomic E-state index is 6.10. The highest BCUT2D eigenvalue weighted by Gasteiger charge is 2.07. The Kier molecular flexibility index (Phi) is 5.03. The van der Waals surface area contributed by atoms with Gasteiger partial charge in [-0.2, -0.15) is 0 Å². The molecule has 1 heterocycles. The van der Waals surface area contributed by atoms with Gasteiger partial charge in [-0.15, -0.1) is 0 Å². The van der Waals surface area contributed by atoms with Crippen LogP contribution in [0.25, 0.3) is 0 Å². The molecule has 18 heavy (non-hydrogen) atoms. The Morgan fingerprint density at radius 1 is 1.22 bits per heavy atom. The van der Waals surface area contributed by atoms with E-state index in [4.69, 9.17) is 16.3 Å². The van der Waals surface area contributed by atoms with E-state index in [0.717, 1.165) is 21.5 Å². The van der Waals surface area contributed by atoms with Crippen LogP contribution in [0.2, 0.25) is 5.02 Å². The van der Waals surface area contributed by atoms with Crippen LogP contribution in [0.15, 0.2) is 41.0 Å². The summed E-state index contributed by atoms with van der Waals surface area (Å²) in [5.41, 5.74) is 1.83. The number of nitrogens with zero attached hydrogens (tertiary/aromatic N) is 1. The summed E-state index contributed by atoms with van der Waals surface area (Å²) in [6.07, 6.45) is 1.75. The molecule has 0 amide bonds. The Morgan fingerprint density at radius 2 is 2.06 bits per heavy atom. The van der Waals surface area contributed by atoms with E-state index in [0.29, 0.717) is 17.0 Å². The minimum atomic E-state index is 0.424. The van der Waals surface area contributed by atoms with Crippen molar-refractivity contribution >= 4 is 43.5 Å². The fraction of sp³-hybridized carbons (Fsp3) is 0.154. The highest BCUT2D eigenvalue weighted by atomic mass is 79.9. The third-order valence-electron chi connectivity index (χ3n) is 2.37. The summed E-state index contributed by atoms with van der Waals surface area (Å²) < 4.78 is 6.70. The lowest BCUT2D eigenvalue weighted by Crippen LogP contribution is -2.00. The van der Waals surface area contributed by atoms with Crippen LogP contribution in [-0.4, -0.2) is 4.98 Å². The van der Waals surface area contributed by atoms with E-state index in [1.54, 1.807) is 6.20 Å². The van der Waals surface area contributed by atoms with Gasteiger partial charge in [-0.1, -0.05) is 33.6 Å². The molecule has 1 aromatic heterocycles. The number of aromatic nitrogens is 1. The zero-order valence-electron chi connectivity index (χ0n) is 9.37. The van der Waals surface area contributed by atoms with Gasteiger partial charge in [0.2, 0.25) is 0 Å². The van der Waals surface area contributed by atoms with Crippen LogP contribution in [0.3, 0.4) is 0 Å². The number of hydrogen-bond donors (Lipinski definition) is 0. The highest BCUT2D eigenvalue weighted by molar-refractivity contribution is 9.10. The molecule has 0 N–H and O–H groups in total. The third-order valence-corrected chi connectivity index (χ3v) is 3.76. The number of halogens is 3. The van der Waals surface area contributed by atoms with Gasteiger partial charge in [-0.3, -0.25) is 4.98 Å². The molecule has 0 aliphatic heterocycles. The van der Waals surface area contributed by atoms with E-state index >= 15 is 0 Å². The Morgan fingerprint density at radius 3 is 2.72 bits per heavy atom. The van der Waals surface area contributed by atoms with Gasteiger partial charge in [-0.25, -0.2) is 0 Å². The molecular formula is C13H10Br2ClNO. The second kappa shape index (κ2) is 6.55. The van der Waals surface area contributed by atoms with Crippen LogP contribution in [0, 0.1) is 0 Å². The number of ether oxygens (including phenoxy) is 1. The second-order valence-corrected chi connectivity index (χ2v) is 5.49. The van der Waals surface area contributed by atoms with Crippen LogP contribution >= 0.6 is 43.5 Å². The van der Waals surface area contributed by atoms with E-state index in [1.165, 1.54) is 0 Å². The molecule has 94 valence electrons. The molecule has 0 spiro atoms. The second-order valence-electron chi connectivity index (χ2n) is 3.61. The van der Waals surface area contributed by atoms with Gasteiger partial charge in [0, 0.05) is 26.6 Å². The highest BCUT2D eigenvalue weighted by Crippen LogP contribution is 2.29. The molecule has 0 aliphatic carbocycles. The van der Waals surface area contributed by atoms with Crippen molar-refractivity contribution in [3.63, 3.8) is 0 Å². The monoisotopic (exact) mass is 389 g/mol. The molecule has 0 bridgehead atoms. The van der Waals surface area contributed by atoms with Gasteiger partial charge >= 0.3 is 0 Å². The average molecular weight is 391 g/mol. The van der Waals surface area contributed by atoms with Crippen molar-refractivity contribution in [3.05, 3.63) is 57.3 Å². The van der Waals surface area contributed by atoms with Gasteiger partial charge < -0.3 is 4.74 Å². The third kappa shape index (κ3) is 3.46. The van der Waals surface area contributed by atoms with Crippen LogP contribution in [0.4, 0.5) is 0 Å². The Balaban J connectivity index is 2.10. The molecule has 0 saturated carbocycles. The first-order chi connectivity index (χ1) is 8.70. The van der Waals surface area contributed by atoms with Crippen LogP contribution < -0.4 is 4.74 Å². The SMILES string of the molecule is Clc1cccc(OCc2ccc(Br)cn2)c1CBr. The molecule has 0 aliphatic rings. The lowest BCUT2D eigenvalue weighted by molar-refractivity contribution is 0.299. The maximum atomic E-state index is 6.10. The molecule has 0 fully saturated rings. The number of hydrogen-bond acceptors (Lipinski definition) is 2. The van der Waals surface area contributed by atoms with Crippen molar-refractivity contribution in [2.24, 2.45) is 0 Å². The summed E-state index contributed by atoms with van der Waals surface area (Å²) in [6, 6.07) is 9.49. The molecule has 0 saturated heterocycles. The Hall–Kier alpha value is -0.580. The van der Waals surface area contributed by atoms with Crippen molar-refractivity contribution in [1.82, 2.24) is 4.98 Å². The zero-order valence-corrected chi connectivity index (χ0v) is 13.3. The van der Waals surface area contributed by atoms with E-state index in [2.05, 4.69) is 36.8 Å². The minimum absolute atomic E-state index is 0.424. The summed E-state index contributed by atoms with van der Waals surface area (Å²) in [5.74, 6) is 0.782. The number of benzene rings is 1. The number of rotatable bonds is 4. The van der Waals surface area contributed by atoms with Gasteiger partial charge in [0.15, 0.2) is 0 Å². The van der Waals surface area contributed by atoms with Crippen LogP contribution in [-0.2, 0) is 11.9 Å². The average Bonchev–Trinajstić information content (AvgIpc) is 2.38. The maximum Gasteiger partial charge on any atom is 0.130 e. The van der Waals surface area contributed by atoms with Gasteiger partial charge in [-0.05, 0) is 40.2 Å². The molecule has 0 atom stereocenters. The van der Waals surface area contributed by atoms with Crippen LogP contribution in [0.1, 0.15) is 11.3 Å². The van der Waals surface area contributed by atoms with Crippen molar-refractivity contribution in [2.45, 2.75) is 11.9 Å². The standard InChI is InChI=1S/C13H10Br2ClNO/c14-6-11-12(16)2-1-3-13(11)18-8-10-5-4-9(15)7-17-10/h1-5,7H,6,8H2. The predicted molar refractivity (Wildman–Crippen MR) is 80.4 cm³/mol. The summed E-state index contributed by atoms with van der Waals surface area (Å²) in [6.45, 7) is 0.424. The number of alkyl halides is 1. The van der Waals surface area contributed by atoms with Crippen molar-refractivity contribution in [1.29, 1.82) is 0 Å². The molecule has 2 rings (SSSR count). The minimum Gasteiger partial charge on any atom is -0.487 e. The van der Waals surface area contributed by atoms with E-state index in [1.807, 2.05) is 30.3 Å². The molecule has 5 heteroatoms. The molecule has 1 aromatic carbocycles. The predicted octanol–water partition coefficient (Wildman–Crippen LogP) is 4.97. The summed E-state index contributed by atoms with van der Waals surface area (Å²) in [5, 5.41) is 1.36.